The number of aromatic nitrogens is 1. The quantitative estimate of drug-likeness (QED) is 0.671. The molecule has 0 amide bonds. The van der Waals surface area contributed by atoms with E-state index in [2.05, 4.69) is 50.1 Å². The van der Waals surface area contributed by atoms with Crippen molar-refractivity contribution in [2.24, 2.45) is 4.99 Å². The Labute approximate surface area is 114 Å². The zero-order valence-corrected chi connectivity index (χ0v) is 12.9. The van der Waals surface area contributed by atoms with E-state index in [1.165, 1.54) is 0 Å². The van der Waals surface area contributed by atoms with Gasteiger partial charge in [0.15, 0.2) is 10.9 Å². The van der Waals surface area contributed by atoms with Gasteiger partial charge in [0.25, 0.3) is 0 Å². The summed E-state index contributed by atoms with van der Waals surface area (Å²) < 4.78 is 5.33. The molecule has 0 aliphatic heterocycles. The van der Waals surface area contributed by atoms with Gasteiger partial charge in [-0.15, -0.1) is 0 Å². The van der Waals surface area contributed by atoms with E-state index >= 15 is 0 Å². The average molecular weight is 269 g/mol. The maximum Gasteiger partial charge on any atom is 0.161 e. The molecule has 1 aromatic rings. The molecule has 0 saturated heterocycles. The minimum atomic E-state index is -0.0960. The highest BCUT2D eigenvalue weighted by Gasteiger charge is 2.16. The van der Waals surface area contributed by atoms with E-state index < -0.39 is 0 Å². The van der Waals surface area contributed by atoms with Crippen molar-refractivity contribution in [1.29, 1.82) is 0 Å². The summed E-state index contributed by atoms with van der Waals surface area (Å²) in [5, 5.41) is 8.35. The van der Waals surface area contributed by atoms with Gasteiger partial charge in [-0.3, -0.25) is 4.99 Å². The molecule has 1 rings (SSSR count). The predicted octanol–water partition coefficient (Wildman–Crippen LogP) is 3.73. The Bertz CT molecular complexity index is 397. The van der Waals surface area contributed by atoms with E-state index in [4.69, 9.17) is 4.52 Å². The van der Waals surface area contributed by atoms with E-state index in [-0.39, 0.29) is 5.54 Å². The number of amidine groups is 1. The number of hydrogen-bond donors (Lipinski definition) is 1. The van der Waals surface area contributed by atoms with Crippen LogP contribution >= 0.6 is 11.8 Å². The molecule has 0 fully saturated rings. The van der Waals surface area contributed by atoms with E-state index in [0.29, 0.717) is 0 Å². The number of rotatable bonds is 3. The van der Waals surface area contributed by atoms with Crippen molar-refractivity contribution in [2.75, 3.05) is 11.6 Å². The number of nitrogens with zero attached hydrogens (tertiary/aromatic N) is 2. The zero-order chi connectivity index (χ0) is 13.8. The number of anilines is 1. The molecule has 0 saturated carbocycles. The van der Waals surface area contributed by atoms with Crippen LogP contribution in [0.15, 0.2) is 9.52 Å². The number of aliphatic imine (C=N–C) groups is 1. The maximum absolute atomic E-state index is 5.33. The Hall–Kier alpha value is -0.970. The lowest BCUT2D eigenvalue weighted by Gasteiger charge is -2.16. The molecular weight excluding hydrogens is 246 g/mol. The summed E-state index contributed by atoms with van der Waals surface area (Å²) in [5.74, 6) is 0.891. The summed E-state index contributed by atoms with van der Waals surface area (Å²) in [5.41, 5.74) is 1.85. The lowest BCUT2D eigenvalue weighted by Crippen LogP contribution is -2.18. The van der Waals surface area contributed by atoms with Crippen molar-refractivity contribution in [2.45, 2.75) is 53.0 Å². The normalized spacial score (nSPS) is 12.9. The Kier molecular flexibility index (Phi) is 5.26. The van der Waals surface area contributed by atoms with Crippen LogP contribution in [-0.2, 0) is 12.8 Å². The molecule has 0 spiro atoms. The average Bonchev–Trinajstić information content (AvgIpc) is 2.68. The fourth-order valence-corrected chi connectivity index (χ4v) is 2.09. The molecule has 1 N–H and O–H groups in total. The highest BCUT2D eigenvalue weighted by Crippen LogP contribution is 2.24. The van der Waals surface area contributed by atoms with Gasteiger partial charge in [0, 0.05) is 6.42 Å². The van der Waals surface area contributed by atoms with Gasteiger partial charge >= 0.3 is 0 Å². The van der Waals surface area contributed by atoms with Crippen LogP contribution in [-0.4, -0.2) is 22.1 Å². The third kappa shape index (κ3) is 4.05. The molecule has 0 aliphatic rings. The first kappa shape index (κ1) is 15.1. The monoisotopic (exact) mass is 269 g/mol. The fourth-order valence-electron chi connectivity index (χ4n) is 1.52. The SMILES string of the molecule is CCc1noc(CC)c1NC(=NC(C)(C)C)SC. The second-order valence-electron chi connectivity index (χ2n) is 5.05. The molecule has 4 nitrogen and oxygen atoms in total. The van der Waals surface area contributed by atoms with Crippen molar-refractivity contribution in [3.63, 3.8) is 0 Å². The zero-order valence-electron chi connectivity index (χ0n) is 12.1. The van der Waals surface area contributed by atoms with Crippen LogP contribution in [0, 0.1) is 0 Å². The Morgan fingerprint density at radius 1 is 1.33 bits per heavy atom. The molecule has 0 aliphatic carbocycles. The first-order chi connectivity index (χ1) is 8.41. The second-order valence-corrected chi connectivity index (χ2v) is 5.85. The summed E-state index contributed by atoms with van der Waals surface area (Å²) in [4.78, 5) is 4.65. The van der Waals surface area contributed by atoms with Crippen molar-refractivity contribution < 1.29 is 4.52 Å². The summed E-state index contributed by atoms with van der Waals surface area (Å²) in [7, 11) is 0. The highest BCUT2D eigenvalue weighted by atomic mass is 32.2. The summed E-state index contributed by atoms with van der Waals surface area (Å²) in [6.45, 7) is 10.4. The molecular formula is C13H23N3OS. The van der Waals surface area contributed by atoms with Crippen LogP contribution < -0.4 is 5.32 Å². The Morgan fingerprint density at radius 2 is 2.00 bits per heavy atom. The molecule has 0 radical (unpaired) electrons. The molecule has 0 atom stereocenters. The molecule has 1 aromatic heterocycles. The summed E-state index contributed by atoms with van der Waals surface area (Å²) in [6.07, 6.45) is 3.69. The Morgan fingerprint density at radius 3 is 2.44 bits per heavy atom. The first-order valence-electron chi connectivity index (χ1n) is 6.29. The third-order valence-corrected chi connectivity index (χ3v) is 2.93. The van der Waals surface area contributed by atoms with Crippen LogP contribution in [0.2, 0.25) is 0 Å². The van der Waals surface area contributed by atoms with Gasteiger partial charge in [-0.2, -0.15) is 0 Å². The van der Waals surface area contributed by atoms with Crippen LogP contribution in [0.4, 0.5) is 5.69 Å². The predicted molar refractivity (Wildman–Crippen MR) is 79.6 cm³/mol. The van der Waals surface area contributed by atoms with Gasteiger partial charge in [-0.05, 0) is 33.4 Å². The van der Waals surface area contributed by atoms with Crippen LogP contribution in [0.3, 0.4) is 0 Å². The van der Waals surface area contributed by atoms with Crippen molar-refractivity contribution in [1.82, 2.24) is 5.16 Å². The van der Waals surface area contributed by atoms with Crippen molar-refractivity contribution >= 4 is 22.6 Å². The second kappa shape index (κ2) is 6.27. The lowest BCUT2D eigenvalue weighted by atomic mass is 10.1. The van der Waals surface area contributed by atoms with Crippen LogP contribution in [0.1, 0.15) is 46.1 Å². The van der Waals surface area contributed by atoms with E-state index in [0.717, 1.165) is 35.2 Å². The Balaban J connectivity index is 3.01. The lowest BCUT2D eigenvalue weighted by molar-refractivity contribution is 0.381. The third-order valence-electron chi connectivity index (χ3n) is 2.35. The molecule has 1 heterocycles. The topological polar surface area (TPSA) is 50.4 Å². The van der Waals surface area contributed by atoms with Crippen molar-refractivity contribution in [3.05, 3.63) is 11.5 Å². The molecule has 0 aromatic carbocycles. The highest BCUT2D eigenvalue weighted by molar-refractivity contribution is 8.13. The standard InChI is InChI=1S/C13H23N3OS/c1-7-9-11(10(8-2)17-16-9)14-12(18-6)15-13(3,4)5/h7-8H2,1-6H3,(H,14,15). The largest absolute Gasteiger partial charge is 0.359 e. The van der Waals surface area contributed by atoms with Crippen LogP contribution in [0.5, 0.6) is 0 Å². The number of hydrogen-bond acceptors (Lipinski definition) is 4. The number of nitrogens with one attached hydrogen (secondary N) is 1. The van der Waals surface area contributed by atoms with Gasteiger partial charge in [-0.1, -0.05) is 30.8 Å². The first-order valence-corrected chi connectivity index (χ1v) is 7.52. The number of aryl methyl sites for hydroxylation is 2. The minimum absolute atomic E-state index is 0.0960. The summed E-state index contributed by atoms with van der Waals surface area (Å²) in [6, 6.07) is 0. The van der Waals surface area contributed by atoms with E-state index in [1.807, 2.05) is 6.26 Å². The molecule has 102 valence electrons. The van der Waals surface area contributed by atoms with Gasteiger partial charge < -0.3 is 9.84 Å². The van der Waals surface area contributed by atoms with Gasteiger partial charge in [0.2, 0.25) is 0 Å². The smallest absolute Gasteiger partial charge is 0.161 e. The molecule has 18 heavy (non-hydrogen) atoms. The van der Waals surface area contributed by atoms with Gasteiger partial charge in [0.05, 0.1) is 5.54 Å². The maximum atomic E-state index is 5.33. The fraction of sp³-hybridized carbons (Fsp3) is 0.692. The van der Waals surface area contributed by atoms with Gasteiger partial charge in [0.1, 0.15) is 11.4 Å². The van der Waals surface area contributed by atoms with E-state index in [9.17, 15) is 0 Å². The molecule has 0 bridgehead atoms. The molecule has 0 unspecified atom stereocenters. The van der Waals surface area contributed by atoms with E-state index in [1.54, 1.807) is 11.8 Å². The van der Waals surface area contributed by atoms with Crippen molar-refractivity contribution in [3.8, 4) is 0 Å². The minimum Gasteiger partial charge on any atom is -0.359 e. The van der Waals surface area contributed by atoms with Crippen LogP contribution in [0.25, 0.3) is 0 Å². The molecule has 5 heteroatoms. The van der Waals surface area contributed by atoms with Gasteiger partial charge in [-0.25, -0.2) is 0 Å². The summed E-state index contributed by atoms with van der Waals surface area (Å²) >= 11 is 1.60. The number of thioether (sulfide) groups is 1.